The van der Waals surface area contributed by atoms with Crippen LogP contribution in [-0.2, 0) is 0 Å². The molecule has 3 aromatic rings. The van der Waals surface area contributed by atoms with E-state index in [0.717, 1.165) is 21.7 Å². The molecule has 0 N–H and O–H groups in total. The van der Waals surface area contributed by atoms with Crippen molar-refractivity contribution < 1.29 is 4.39 Å². The Morgan fingerprint density at radius 3 is 2.60 bits per heavy atom. The zero-order valence-electron chi connectivity index (χ0n) is 10.7. The SMILES string of the molecule is CSc1ncc(-c2cccs2)c(-c2ccc(F)cc2)n1. The number of thiophene rings is 1. The Bertz CT molecular complexity index is 709. The van der Waals surface area contributed by atoms with E-state index in [9.17, 15) is 4.39 Å². The van der Waals surface area contributed by atoms with Gasteiger partial charge in [0.25, 0.3) is 0 Å². The highest BCUT2D eigenvalue weighted by Gasteiger charge is 2.12. The topological polar surface area (TPSA) is 25.8 Å². The van der Waals surface area contributed by atoms with Crippen molar-refractivity contribution in [3.05, 3.63) is 53.8 Å². The van der Waals surface area contributed by atoms with Gasteiger partial charge in [0, 0.05) is 22.2 Å². The minimum Gasteiger partial charge on any atom is -0.230 e. The van der Waals surface area contributed by atoms with Crippen molar-refractivity contribution in [2.75, 3.05) is 6.26 Å². The number of halogens is 1. The molecule has 0 radical (unpaired) electrons. The molecule has 0 fully saturated rings. The van der Waals surface area contributed by atoms with E-state index in [0.29, 0.717) is 5.16 Å². The third kappa shape index (κ3) is 2.59. The van der Waals surface area contributed by atoms with Gasteiger partial charge in [-0.15, -0.1) is 11.3 Å². The summed E-state index contributed by atoms with van der Waals surface area (Å²) in [6.07, 6.45) is 3.78. The van der Waals surface area contributed by atoms with Crippen molar-refractivity contribution in [1.29, 1.82) is 0 Å². The van der Waals surface area contributed by atoms with Crippen LogP contribution < -0.4 is 0 Å². The summed E-state index contributed by atoms with van der Waals surface area (Å²) < 4.78 is 13.1. The Balaban J connectivity index is 2.18. The predicted molar refractivity (Wildman–Crippen MR) is 82.5 cm³/mol. The van der Waals surface area contributed by atoms with Gasteiger partial charge in [0.2, 0.25) is 0 Å². The number of hydrogen-bond donors (Lipinski definition) is 0. The molecular weight excluding hydrogens is 291 g/mol. The molecule has 0 amide bonds. The van der Waals surface area contributed by atoms with E-state index < -0.39 is 0 Å². The van der Waals surface area contributed by atoms with Crippen molar-refractivity contribution >= 4 is 23.1 Å². The molecule has 0 unspecified atom stereocenters. The Morgan fingerprint density at radius 2 is 1.95 bits per heavy atom. The molecule has 2 aromatic heterocycles. The van der Waals surface area contributed by atoms with Gasteiger partial charge in [-0.25, -0.2) is 14.4 Å². The van der Waals surface area contributed by atoms with Gasteiger partial charge in [-0.3, -0.25) is 0 Å². The summed E-state index contributed by atoms with van der Waals surface area (Å²) in [6, 6.07) is 10.4. The van der Waals surface area contributed by atoms with E-state index in [1.165, 1.54) is 23.9 Å². The lowest BCUT2D eigenvalue weighted by atomic mass is 10.1. The summed E-state index contributed by atoms with van der Waals surface area (Å²) in [6.45, 7) is 0. The van der Waals surface area contributed by atoms with E-state index in [2.05, 4.69) is 9.97 Å². The summed E-state index contributed by atoms with van der Waals surface area (Å²) >= 11 is 3.13. The smallest absolute Gasteiger partial charge is 0.187 e. The lowest BCUT2D eigenvalue weighted by molar-refractivity contribution is 0.628. The molecule has 0 aliphatic rings. The Labute approximate surface area is 124 Å². The Kier molecular flexibility index (Phi) is 3.80. The normalized spacial score (nSPS) is 10.7. The fourth-order valence-electron chi connectivity index (χ4n) is 1.90. The largest absolute Gasteiger partial charge is 0.230 e. The second-order valence-corrected chi connectivity index (χ2v) is 5.82. The average Bonchev–Trinajstić information content (AvgIpc) is 3.01. The monoisotopic (exact) mass is 302 g/mol. The van der Waals surface area contributed by atoms with Crippen LogP contribution in [0.15, 0.2) is 53.1 Å². The highest BCUT2D eigenvalue weighted by atomic mass is 32.2. The maximum atomic E-state index is 13.1. The molecule has 0 aliphatic heterocycles. The van der Waals surface area contributed by atoms with E-state index >= 15 is 0 Å². The molecule has 0 saturated heterocycles. The summed E-state index contributed by atoms with van der Waals surface area (Å²) in [4.78, 5) is 10.0. The fraction of sp³-hybridized carbons (Fsp3) is 0.0667. The molecule has 2 heterocycles. The van der Waals surface area contributed by atoms with Crippen LogP contribution in [0.2, 0.25) is 0 Å². The Hall–Kier alpha value is -1.72. The third-order valence-electron chi connectivity index (χ3n) is 2.85. The summed E-state index contributed by atoms with van der Waals surface area (Å²) in [7, 11) is 0. The van der Waals surface area contributed by atoms with Crippen LogP contribution in [-0.4, -0.2) is 16.2 Å². The molecule has 0 bridgehead atoms. The molecule has 0 spiro atoms. The number of aromatic nitrogens is 2. The van der Waals surface area contributed by atoms with Crippen molar-refractivity contribution in [2.24, 2.45) is 0 Å². The van der Waals surface area contributed by atoms with Crippen LogP contribution in [0, 0.1) is 5.82 Å². The molecule has 100 valence electrons. The van der Waals surface area contributed by atoms with Gasteiger partial charge in [-0.2, -0.15) is 0 Å². The zero-order chi connectivity index (χ0) is 13.9. The van der Waals surface area contributed by atoms with Crippen molar-refractivity contribution in [1.82, 2.24) is 9.97 Å². The number of thioether (sulfide) groups is 1. The van der Waals surface area contributed by atoms with Gasteiger partial charge in [0.05, 0.1) is 5.69 Å². The first-order chi connectivity index (χ1) is 9.78. The van der Waals surface area contributed by atoms with Gasteiger partial charge in [-0.1, -0.05) is 17.8 Å². The van der Waals surface area contributed by atoms with Gasteiger partial charge in [-0.05, 0) is 42.0 Å². The molecule has 3 rings (SSSR count). The second kappa shape index (κ2) is 5.73. The van der Waals surface area contributed by atoms with Crippen LogP contribution in [0.1, 0.15) is 0 Å². The molecule has 20 heavy (non-hydrogen) atoms. The highest BCUT2D eigenvalue weighted by molar-refractivity contribution is 7.98. The van der Waals surface area contributed by atoms with Crippen molar-refractivity contribution in [2.45, 2.75) is 5.16 Å². The van der Waals surface area contributed by atoms with Gasteiger partial charge < -0.3 is 0 Å². The minimum absolute atomic E-state index is 0.245. The van der Waals surface area contributed by atoms with E-state index in [1.807, 2.05) is 30.0 Å². The first kappa shape index (κ1) is 13.3. The van der Waals surface area contributed by atoms with Crippen LogP contribution in [0.3, 0.4) is 0 Å². The molecule has 0 atom stereocenters. The van der Waals surface area contributed by atoms with E-state index in [1.54, 1.807) is 23.5 Å². The molecular formula is C15H11FN2S2. The maximum absolute atomic E-state index is 13.1. The van der Waals surface area contributed by atoms with Crippen LogP contribution >= 0.6 is 23.1 Å². The Morgan fingerprint density at radius 1 is 1.15 bits per heavy atom. The number of hydrogen-bond acceptors (Lipinski definition) is 4. The van der Waals surface area contributed by atoms with Gasteiger partial charge in [0.1, 0.15) is 5.82 Å². The number of rotatable bonds is 3. The molecule has 1 aromatic carbocycles. The number of nitrogens with zero attached hydrogens (tertiary/aromatic N) is 2. The standard InChI is InChI=1S/C15H11FN2S2/c1-19-15-17-9-12(13-3-2-8-20-13)14(18-15)10-4-6-11(16)7-5-10/h2-9H,1H3. The van der Waals surface area contributed by atoms with Crippen LogP contribution in [0.4, 0.5) is 4.39 Å². The predicted octanol–water partition coefficient (Wildman–Crippen LogP) is 4.73. The van der Waals surface area contributed by atoms with Gasteiger partial charge in [0.15, 0.2) is 5.16 Å². The average molecular weight is 302 g/mol. The minimum atomic E-state index is -0.245. The summed E-state index contributed by atoms with van der Waals surface area (Å²) in [5.41, 5.74) is 2.71. The second-order valence-electron chi connectivity index (χ2n) is 4.10. The van der Waals surface area contributed by atoms with Crippen LogP contribution in [0.5, 0.6) is 0 Å². The summed E-state index contributed by atoms with van der Waals surface area (Å²) in [5.74, 6) is -0.245. The lowest BCUT2D eigenvalue weighted by Crippen LogP contribution is -1.93. The maximum Gasteiger partial charge on any atom is 0.187 e. The van der Waals surface area contributed by atoms with Crippen molar-refractivity contribution in [3.8, 4) is 21.7 Å². The molecule has 0 saturated carbocycles. The quantitative estimate of drug-likeness (QED) is 0.516. The first-order valence-corrected chi connectivity index (χ1v) is 8.09. The molecule has 0 aliphatic carbocycles. The number of benzene rings is 1. The van der Waals surface area contributed by atoms with Gasteiger partial charge >= 0.3 is 0 Å². The molecule has 5 heteroatoms. The van der Waals surface area contributed by atoms with E-state index in [-0.39, 0.29) is 5.82 Å². The van der Waals surface area contributed by atoms with Crippen molar-refractivity contribution in [3.63, 3.8) is 0 Å². The molecule has 2 nitrogen and oxygen atoms in total. The van der Waals surface area contributed by atoms with Crippen LogP contribution in [0.25, 0.3) is 21.7 Å². The first-order valence-electron chi connectivity index (χ1n) is 5.99. The fourth-order valence-corrected chi connectivity index (χ4v) is 2.98. The highest BCUT2D eigenvalue weighted by Crippen LogP contribution is 2.33. The lowest BCUT2D eigenvalue weighted by Gasteiger charge is -2.08. The summed E-state index contributed by atoms with van der Waals surface area (Å²) in [5, 5.41) is 2.73. The van der Waals surface area contributed by atoms with E-state index in [4.69, 9.17) is 0 Å². The zero-order valence-corrected chi connectivity index (χ0v) is 12.3. The third-order valence-corrected chi connectivity index (χ3v) is 4.32.